The first-order chi connectivity index (χ1) is 10.8. The van der Waals surface area contributed by atoms with Crippen LogP contribution in [0.1, 0.15) is 28.4 Å². The fourth-order valence-electron chi connectivity index (χ4n) is 2.15. The van der Waals surface area contributed by atoms with Gasteiger partial charge in [-0.05, 0) is 55.3 Å². The van der Waals surface area contributed by atoms with Crippen LogP contribution in [-0.4, -0.2) is 18.9 Å². The van der Waals surface area contributed by atoms with E-state index < -0.39 is 5.82 Å². The molecule has 4 nitrogen and oxygen atoms in total. The van der Waals surface area contributed by atoms with E-state index in [-0.39, 0.29) is 17.5 Å². The minimum atomic E-state index is -0.485. The maximum absolute atomic E-state index is 13.5. The molecular formula is C18H19FN2O2. The van der Waals surface area contributed by atoms with Gasteiger partial charge in [-0.25, -0.2) is 4.39 Å². The summed E-state index contributed by atoms with van der Waals surface area (Å²) in [5.41, 5.74) is 3.26. The molecule has 0 fully saturated rings. The highest BCUT2D eigenvalue weighted by molar-refractivity contribution is 6.07. The van der Waals surface area contributed by atoms with E-state index in [1.807, 2.05) is 19.9 Å². The molecular weight excluding hydrogens is 295 g/mol. The zero-order valence-corrected chi connectivity index (χ0v) is 13.6. The van der Waals surface area contributed by atoms with Gasteiger partial charge < -0.3 is 10.2 Å². The third-order valence-electron chi connectivity index (χ3n) is 3.81. The van der Waals surface area contributed by atoms with Crippen molar-refractivity contribution in [1.82, 2.24) is 0 Å². The predicted octanol–water partition coefficient (Wildman–Crippen LogP) is 3.68. The number of carbonyl (C=O) groups excluding carboxylic acids is 2. The maximum atomic E-state index is 13.5. The summed E-state index contributed by atoms with van der Waals surface area (Å²) in [4.78, 5) is 25.3. The molecule has 0 aliphatic rings. The minimum absolute atomic E-state index is 0.210. The van der Waals surface area contributed by atoms with Gasteiger partial charge in [0.1, 0.15) is 5.82 Å². The Bertz CT molecular complexity index is 772. The molecule has 5 heteroatoms. The number of halogens is 1. The number of carbonyl (C=O) groups is 2. The van der Waals surface area contributed by atoms with Gasteiger partial charge in [0.15, 0.2) is 0 Å². The van der Waals surface area contributed by atoms with Gasteiger partial charge in [0.05, 0.1) is 11.4 Å². The lowest BCUT2D eigenvalue weighted by molar-refractivity contribution is -0.116. The summed E-state index contributed by atoms with van der Waals surface area (Å²) in [7, 11) is 1.57. The molecule has 0 saturated carbocycles. The number of aryl methyl sites for hydroxylation is 2. The van der Waals surface area contributed by atoms with Crippen LogP contribution < -0.4 is 10.2 Å². The quantitative estimate of drug-likeness (QED) is 0.939. The van der Waals surface area contributed by atoms with Gasteiger partial charge in [0, 0.05) is 19.5 Å². The van der Waals surface area contributed by atoms with Crippen LogP contribution in [0.5, 0.6) is 0 Å². The van der Waals surface area contributed by atoms with Crippen LogP contribution in [0.25, 0.3) is 0 Å². The second kappa shape index (κ2) is 6.60. The number of anilines is 2. The maximum Gasteiger partial charge on any atom is 0.255 e. The highest BCUT2D eigenvalue weighted by atomic mass is 19.1. The lowest BCUT2D eigenvalue weighted by atomic mass is 10.1. The van der Waals surface area contributed by atoms with Gasteiger partial charge in [-0.1, -0.05) is 6.07 Å². The Balaban J connectivity index is 2.35. The summed E-state index contributed by atoms with van der Waals surface area (Å²) >= 11 is 0. The van der Waals surface area contributed by atoms with E-state index >= 15 is 0 Å². The molecule has 2 rings (SSSR count). The van der Waals surface area contributed by atoms with Crippen LogP contribution in [0.3, 0.4) is 0 Å². The molecule has 0 atom stereocenters. The molecule has 0 spiro atoms. The molecule has 0 aliphatic carbocycles. The molecule has 2 aromatic rings. The molecule has 0 aromatic heterocycles. The van der Waals surface area contributed by atoms with E-state index in [9.17, 15) is 14.0 Å². The minimum Gasteiger partial charge on any atom is -0.320 e. The molecule has 2 amide bonds. The normalized spacial score (nSPS) is 10.3. The van der Waals surface area contributed by atoms with E-state index in [2.05, 4.69) is 5.32 Å². The topological polar surface area (TPSA) is 49.4 Å². The zero-order valence-electron chi connectivity index (χ0n) is 13.6. The van der Waals surface area contributed by atoms with Gasteiger partial charge in [0.25, 0.3) is 5.91 Å². The number of benzene rings is 2. The summed E-state index contributed by atoms with van der Waals surface area (Å²) in [5, 5.41) is 2.68. The average Bonchev–Trinajstić information content (AvgIpc) is 2.49. The van der Waals surface area contributed by atoms with Crippen molar-refractivity contribution < 1.29 is 14.0 Å². The largest absolute Gasteiger partial charge is 0.320 e. The van der Waals surface area contributed by atoms with Crippen molar-refractivity contribution in [2.24, 2.45) is 0 Å². The van der Waals surface area contributed by atoms with E-state index in [0.29, 0.717) is 11.3 Å². The third kappa shape index (κ3) is 3.74. The molecule has 2 aromatic carbocycles. The second-order valence-electron chi connectivity index (χ2n) is 5.49. The fraction of sp³-hybridized carbons (Fsp3) is 0.222. The Kier molecular flexibility index (Phi) is 4.79. The molecule has 0 saturated heterocycles. The molecule has 0 radical (unpaired) electrons. The Morgan fingerprint density at radius 2 is 1.74 bits per heavy atom. The predicted molar refractivity (Wildman–Crippen MR) is 89.4 cm³/mol. The monoisotopic (exact) mass is 314 g/mol. The van der Waals surface area contributed by atoms with Gasteiger partial charge >= 0.3 is 0 Å². The smallest absolute Gasteiger partial charge is 0.255 e. The van der Waals surface area contributed by atoms with Crippen LogP contribution in [0.15, 0.2) is 36.4 Å². The van der Waals surface area contributed by atoms with Crippen molar-refractivity contribution >= 4 is 23.2 Å². The SMILES string of the molecule is CC(=O)N(C)c1ccc(F)cc1NC(=O)c1ccc(C)c(C)c1. The summed E-state index contributed by atoms with van der Waals surface area (Å²) in [6, 6.07) is 9.27. The first kappa shape index (κ1) is 16.7. The lowest BCUT2D eigenvalue weighted by Crippen LogP contribution is -2.25. The average molecular weight is 314 g/mol. The molecule has 0 bridgehead atoms. The van der Waals surface area contributed by atoms with Gasteiger partial charge in [-0.2, -0.15) is 0 Å². The molecule has 1 N–H and O–H groups in total. The van der Waals surface area contributed by atoms with E-state index in [0.717, 1.165) is 11.1 Å². The van der Waals surface area contributed by atoms with Crippen LogP contribution >= 0.6 is 0 Å². The fourth-order valence-corrected chi connectivity index (χ4v) is 2.15. The van der Waals surface area contributed by atoms with Crippen LogP contribution in [0.4, 0.5) is 15.8 Å². The van der Waals surface area contributed by atoms with Crippen molar-refractivity contribution in [1.29, 1.82) is 0 Å². The second-order valence-corrected chi connectivity index (χ2v) is 5.49. The number of rotatable bonds is 3. The summed E-state index contributed by atoms with van der Waals surface area (Å²) < 4.78 is 13.5. The Labute approximate surface area is 134 Å². The molecule has 0 heterocycles. The van der Waals surface area contributed by atoms with E-state index in [1.54, 1.807) is 19.2 Å². The van der Waals surface area contributed by atoms with Crippen molar-refractivity contribution in [3.8, 4) is 0 Å². The highest BCUT2D eigenvalue weighted by Gasteiger charge is 2.15. The van der Waals surface area contributed by atoms with Gasteiger partial charge in [-0.15, -0.1) is 0 Å². The van der Waals surface area contributed by atoms with Crippen molar-refractivity contribution in [2.75, 3.05) is 17.3 Å². The zero-order chi connectivity index (χ0) is 17.1. The summed E-state index contributed by atoms with van der Waals surface area (Å²) in [6.07, 6.45) is 0. The van der Waals surface area contributed by atoms with Crippen LogP contribution in [0, 0.1) is 19.7 Å². The number of nitrogens with one attached hydrogen (secondary N) is 1. The molecule has 23 heavy (non-hydrogen) atoms. The van der Waals surface area contributed by atoms with Crippen molar-refractivity contribution in [3.63, 3.8) is 0 Å². The van der Waals surface area contributed by atoms with E-state index in [4.69, 9.17) is 0 Å². The molecule has 0 aliphatic heterocycles. The Morgan fingerprint density at radius 3 is 2.35 bits per heavy atom. The first-order valence-corrected chi connectivity index (χ1v) is 7.22. The summed E-state index contributed by atoms with van der Waals surface area (Å²) in [5.74, 6) is -1.05. The van der Waals surface area contributed by atoms with Crippen molar-refractivity contribution in [3.05, 3.63) is 58.9 Å². The lowest BCUT2D eigenvalue weighted by Gasteiger charge is -2.19. The number of hydrogen-bond donors (Lipinski definition) is 1. The van der Waals surface area contributed by atoms with Gasteiger partial charge in [0.2, 0.25) is 5.91 Å². The van der Waals surface area contributed by atoms with Crippen LogP contribution in [0.2, 0.25) is 0 Å². The van der Waals surface area contributed by atoms with Crippen LogP contribution in [-0.2, 0) is 4.79 Å². The number of nitrogens with zero attached hydrogens (tertiary/aromatic N) is 1. The number of hydrogen-bond acceptors (Lipinski definition) is 2. The Morgan fingerprint density at radius 1 is 1.04 bits per heavy atom. The van der Waals surface area contributed by atoms with Crippen molar-refractivity contribution in [2.45, 2.75) is 20.8 Å². The molecule has 120 valence electrons. The standard InChI is InChI=1S/C18H19FN2O2/c1-11-5-6-14(9-12(11)2)18(23)20-16-10-15(19)7-8-17(16)21(4)13(3)22/h5-10H,1-4H3,(H,20,23). The first-order valence-electron chi connectivity index (χ1n) is 7.22. The molecule has 0 unspecified atom stereocenters. The van der Waals surface area contributed by atoms with E-state index in [1.165, 1.54) is 30.0 Å². The summed E-state index contributed by atoms with van der Waals surface area (Å²) in [6.45, 7) is 5.28. The Hall–Kier alpha value is -2.69. The number of amides is 2. The third-order valence-corrected chi connectivity index (χ3v) is 3.81. The highest BCUT2D eigenvalue weighted by Crippen LogP contribution is 2.27. The van der Waals surface area contributed by atoms with Gasteiger partial charge in [-0.3, -0.25) is 9.59 Å².